The van der Waals surface area contributed by atoms with E-state index in [0.29, 0.717) is 48.8 Å². The summed E-state index contributed by atoms with van der Waals surface area (Å²) >= 11 is 3.20. The van der Waals surface area contributed by atoms with Gasteiger partial charge in [0.25, 0.3) is 5.91 Å². The van der Waals surface area contributed by atoms with Gasteiger partial charge in [0.15, 0.2) is 5.13 Å². The molecule has 12 heteroatoms. The average molecular weight is 535 g/mol. The van der Waals surface area contributed by atoms with E-state index in [-0.39, 0.29) is 11.8 Å². The standard InChI is InChI=1S/C25H26N8O2S2/c1-36-17-10-26-24(27-11-17)30-15-3-4-16(9-15)31-25-32-19-5-2-14(8-21(19)37-25)23(35)33-7-6-18-20(12-33)28-13-29-22(18)34/h2,5,8,10-11,13,15-16H,3-4,6-7,9,12H2,1H3,(H,31,32)(H,26,27,30)(H,28,29,34)/t15-,16-/m0/s1. The first-order valence-corrected chi connectivity index (χ1v) is 14.2. The molecule has 1 aliphatic heterocycles. The first kappa shape index (κ1) is 23.9. The molecule has 1 aromatic carbocycles. The molecule has 0 bridgehead atoms. The fraction of sp³-hybridized carbons (Fsp3) is 0.360. The van der Waals surface area contributed by atoms with Crippen LogP contribution in [0.4, 0.5) is 11.1 Å². The van der Waals surface area contributed by atoms with Crippen molar-refractivity contribution < 1.29 is 9.90 Å². The topological polar surface area (TPSA) is 129 Å². The highest BCUT2D eigenvalue weighted by Gasteiger charge is 2.27. The second-order valence-corrected chi connectivity index (χ2v) is 11.2. The summed E-state index contributed by atoms with van der Waals surface area (Å²) < 4.78 is 0.973. The maximum Gasteiger partial charge on any atom is 0.254 e. The summed E-state index contributed by atoms with van der Waals surface area (Å²) in [5.41, 5.74) is 2.93. The van der Waals surface area contributed by atoms with Crippen LogP contribution in [0.25, 0.3) is 10.2 Å². The number of rotatable bonds is 6. The van der Waals surface area contributed by atoms with E-state index in [2.05, 4.69) is 30.6 Å². The zero-order chi connectivity index (χ0) is 25.4. The number of nitrogens with one attached hydrogen (secondary N) is 2. The van der Waals surface area contributed by atoms with Gasteiger partial charge in [0.1, 0.15) is 6.33 Å². The third-order valence-corrected chi connectivity index (χ3v) is 8.50. The number of carbonyl (C=O) groups excluding carboxylic acids is 1. The molecule has 1 aliphatic carbocycles. The number of nitrogens with zero attached hydrogens (tertiary/aromatic N) is 6. The minimum atomic E-state index is -0.0500. The Morgan fingerprint density at radius 1 is 1.14 bits per heavy atom. The van der Waals surface area contributed by atoms with Crippen LogP contribution in [0, 0.1) is 0 Å². The number of amides is 1. The molecule has 0 saturated heterocycles. The van der Waals surface area contributed by atoms with Gasteiger partial charge in [-0.25, -0.2) is 24.9 Å². The van der Waals surface area contributed by atoms with E-state index in [1.54, 1.807) is 28.0 Å². The molecule has 37 heavy (non-hydrogen) atoms. The zero-order valence-corrected chi connectivity index (χ0v) is 21.8. The Hall–Kier alpha value is -3.51. The predicted molar refractivity (Wildman–Crippen MR) is 144 cm³/mol. The van der Waals surface area contributed by atoms with Gasteiger partial charge in [0, 0.05) is 47.0 Å². The Balaban J connectivity index is 1.09. The third-order valence-electron chi connectivity index (χ3n) is 6.86. The van der Waals surface area contributed by atoms with Crippen molar-refractivity contribution in [1.82, 2.24) is 29.8 Å². The molecule has 1 saturated carbocycles. The molecule has 4 heterocycles. The number of carbonyl (C=O) groups is 1. The lowest BCUT2D eigenvalue weighted by atomic mass is 10.0. The third kappa shape index (κ3) is 5.03. The molecule has 4 aromatic rings. The predicted octanol–water partition coefficient (Wildman–Crippen LogP) is 3.95. The maximum absolute atomic E-state index is 13.2. The highest BCUT2D eigenvalue weighted by Crippen LogP contribution is 2.32. The lowest BCUT2D eigenvalue weighted by Crippen LogP contribution is -2.36. The fourth-order valence-electron chi connectivity index (χ4n) is 4.91. The van der Waals surface area contributed by atoms with Crippen LogP contribution >= 0.6 is 23.1 Å². The molecule has 3 aromatic heterocycles. The summed E-state index contributed by atoms with van der Waals surface area (Å²) in [4.78, 5) is 37.7. The van der Waals surface area contributed by atoms with Gasteiger partial charge < -0.3 is 20.6 Å². The first-order chi connectivity index (χ1) is 18.1. The number of aromatic nitrogens is 5. The highest BCUT2D eigenvalue weighted by atomic mass is 32.2. The summed E-state index contributed by atoms with van der Waals surface area (Å²) in [6.45, 7) is 0.880. The molecule has 190 valence electrons. The molecule has 10 nitrogen and oxygen atoms in total. The highest BCUT2D eigenvalue weighted by molar-refractivity contribution is 7.98. The largest absolute Gasteiger partial charge is 0.493 e. The molecule has 1 amide bonds. The molecule has 1 fully saturated rings. The first-order valence-electron chi connectivity index (χ1n) is 12.2. The van der Waals surface area contributed by atoms with Gasteiger partial charge in [-0.1, -0.05) is 11.3 Å². The number of hydrogen-bond acceptors (Lipinski definition) is 11. The lowest BCUT2D eigenvalue weighted by molar-refractivity contribution is 0.0730. The van der Waals surface area contributed by atoms with E-state index in [4.69, 9.17) is 4.98 Å². The van der Waals surface area contributed by atoms with Crippen molar-refractivity contribution in [3.8, 4) is 5.88 Å². The molecular formula is C25H26N8O2S2. The van der Waals surface area contributed by atoms with Gasteiger partial charge >= 0.3 is 0 Å². The number of fused-ring (bicyclic) bond motifs is 2. The minimum Gasteiger partial charge on any atom is -0.493 e. The van der Waals surface area contributed by atoms with Crippen LogP contribution in [0.1, 0.15) is 40.9 Å². The van der Waals surface area contributed by atoms with Crippen molar-refractivity contribution in [1.29, 1.82) is 0 Å². The fourth-order valence-corrected chi connectivity index (χ4v) is 6.21. The van der Waals surface area contributed by atoms with E-state index in [1.165, 1.54) is 6.33 Å². The van der Waals surface area contributed by atoms with Gasteiger partial charge in [0.2, 0.25) is 11.8 Å². The van der Waals surface area contributed by atoms with Crippen LogP contribution in [0.15, 0.2) is 41.8 Å². The summed E-state index contributed by atoms with van der Waals surface area (Å²) in [6, 6.07) is 6.29. The van der Waals surface area contributed by atoms with Crippen LogP contribution in [0.5, 0.6) is 5.88 Å². The van der Waals surface area contributed by atoms with E-state index >= 15 is 0 Å². The van der Waals surface area contributed by atoms with Crippen LogP contribution < -0.4 is 10.6 Å². The van der Waals surface area contributed by atoms with Gasteiger partial charge in [-0.2, -0.15) is 0 Å². The van der Waals surface area contributed by atoms with Crippen molar-refractivity contribution >= 4 is 50.3 Å². The number of thioether (sulfide) groups is 1. The summed E-state index contributed by atoms with van der Waals surface area (Å²) in [6.07, 6.45) is 10.6. The zero-order valence-electron chi connectivity index (χ0n) is 20.2. The smallest absolute Gasteiger partial charge is 0.254 e. The molecular weight excluding hydrogens is 508 g/mol. The lowest BCUT2D eigenvalue weighted by Gasteiger charge is -2.28. The number of hydrogen-bond donors (Lipinski definition) is 3. The van der Waals surface area contributed by atoms with E-state index in [1.807, 2.05) is 36.8 Å². The Morgan fingerprint density at radius 2 is 1.95 bits per heavy atom. The average Bonchev–Trinajstić information content (AvgIpc) is 3.54. The molecule has 0 spiro atoms. The van der Waals surface area contributed by atoms with Crippen molar-refractivity contribution in [3.63, 3.8) is 0 Å². The van der Waals surface area contributed by atoms with Gasteiger partial charge in [-0.05, 0) is 50.1 Å². The van der Waals surface area contributed by atoms with Crippen molar-refractivity contribution in [2.45, 2.75) is 49.2 Å². The maximum atomic E-state index is 13.2. The van der Waals surface area contributed by atoms with Crippen molar-refractivity contribution in [3.05, 3.63) is 53.7 Å². The second kappa shape index (κ2) is 10.1. The van der Waals surface area contributed by atoms with Gasteiger partial charge in [-0.15, -0.1) is 11.8 Å². The SMILES string of the molecule is CSc1cnc(N[C@H]2CC[C@H](Nc3nc4ccc(C(=O)N5CCc6c(O)ncnc6C5)cc4s3)C2)nc1. The molecule has 2 aliphatic rings. The number of aromatic hydroxyl groups is 1. The Morgan fingerprint density at radius 3 is 2.76 bits per heavy atom. The summed E-state index contributed by atoms with van der Waals surface area (Å²) in [7, 11) is 0. The van der Waals surface area contributed by atoms with E-state index < -0.39 is 0 Å². The summed E-state index contributed by atoms with van der Waals surface area (Å²) in [5.74, 6) is 0.624. The monoisotopic (exact) mass is 534 g/mol. The molecule has 3 N–H and O–H groups in total. The molecule has 0 unspecified atom stereocenters. The number of benzene rings is 1. The number of thiazole rings is 1. The molecule has 6 rings (SSSR count). The van der Waals surface area contributed by atoms with Gasteiger partial charge in [-0.3, -0.25) is 4.79 Å². The van der Waals surface area contributed by atoms with Gasteiger partial charge in [0.05, 0.1) is 22.5 Å². The van der Waals surface area contributed by atoms with Crippen LogP contribution in [-0.2, 0) is 13.0 Å². The Kier molecular flexibility index (Phi) is 6.51. The van der Waals surface area contributed by atoms with Crippen LogP contribution in [0.3, 0.4) is 0 Å². The van der Waals surface area contributed by atoms with Crippen LogP contribution in [-0.4, -0.2) is 65.7 Å². The number of anilines is 2. The van der Waals surface area contributed by atoms with Crippen molar-refractivity contribution in [2.75, 3.05) is 23.4 Å². The normalized spacial score (nSPS) is 19.1. The van der Waals surface area contributed by atoms with Crippen molar-refractivity contribution in [2.24, 2.45) is 0 Å². The summed E-state index contributed by atoms with van der Waals surface area (Å²) in [5, 5.41) is 17.8. The Labute approximate surface area is 222 Å². The minimum absolute atomic E-state index is 0.00530. The van der Waals surface area contributed by atoms with E-state index in [9.17, 15) is 9.90 Å². The quantitative estimate of drug-likeness (QED) is 0.313. The van der Waals surface area contributed by atoms with Crippen LogP contribution in [0.2, 0.25) is 0 Å². The molecule has 0 radical (unpaired) electrons. The Bertz CT molecular complexity index is 1440. The van der Waals surface area contributed by atoms with E-state index in [0.717, 1.165) is 45.1 Å². The second-order valence-electron chi connectivity index (χ2n) is 9.24. The molecule has 2 atom stereocenters.